The highest BCUT2D eigenvalue weighted by Crippen LogP contribution is 2.26. The quantitative estimate of drug-likeness (QED) is 0.879. The van der Waals surface area contributed by atoms with E-state index in [1.807, 2.05) is 27.7 Å². The zero-order chi connectivity index (χ0) is 14.9. The van der Waals surface area contributed by atoms with Crippen LogP contribution in [0.2, 0.25) is 0 Å². The molecular formula is C15H17N3O2. The van der Waals surface area contributed by atoms with E-state index < -0.39 is 0 Å². The van der Waals surface area contributed by atoms with Crippen LogP contribution in [0.5, 0.6) is 0 Å². The normalized spacial score (nSPS) is 10.4. The molecule has 0 aliphatic heterocycles. The van der Waals surface area contributed by atoms with Crippen molar-refractivity contribution in [2.24, 2.45) is 0 Å². The lowest BCUT2D eigenvalue weighted by atomic mass is 9.98. The first kappa shape index (κ1) is 14.0. The summed E-state index contributed by atoms with van der Waals surface area (Å²) in [6.07, 6.45) is 0. The first-order valence-corrected chi connectivity index (χ1v) is 6.34. The maximum atomic E-state index is 12.2. The standard InChI is InChI=1S/C15H17N3O2/c1-8-7-9(2)11(4)14(10(8)3)16-15(20)12-5-6-13(19)18-17-12/h5-7H,1-4H3,(H,16,20)(H,18,19). The molecule has 1 amide bonds. The molecule has 2 aromatic rings. The van der Waals surface area contributed by atoms with Crippen LogP contribution in [0.15, 0.2) is 23.0 Å². The average molecular weight is 271 g/mol. The van der Waals surface area contributed by atoms with E-state index in [0.717, 1.165) is 27.9 Å². The fourth-order valence-electron chi connectivity index (χ4n) is 2.05. The van der Waals surface area contributed by atoms with Crippen LogP contribution in [0.3, 0.4) is 0 Å². The van der Waals surface area contributed by atoms with E-state index in [4.69, 9.17) is 0 Å². The Morgan fingerprint density at radius 1 is 1.10 bits per heavy atom. The van der Waals surface area contributed by atoms with Gasteiger partial charge in [0.15, 0.2) is 0 Å². The van der Waals surface area contributed by atoms with Crippen molar-refractivity contribution in [1.29, 1.82) is 0 Å². The number of hydrogen-bond donors (Lipinski definition) is 2. The van der Waals surface area contributed by atoms with E-state index in [0.29, 0.717) is 0 Å². The van der Waals surface area contributed by atoms with Crippen molar-refractivity contribution >= 4 is 11.6 Å². The Balaban J connectivity index is 2.37. The molecule has 0 fully saturated rings. The molecule has 0 atom stereocenters. The van der Waals surface area contributed by atoms with Crippen molar-refractivity contribution in [3.8, 4) is 0 Å². The Morgan fingerprint density at radius 3 is 2.20 bits per heavy atom. The highest BCUT2D eigenvalue weighted by Gasteiger charge is 2.13. The van der Waals surface area contributed by atoms with Gasteiger partial charge in [-0.1, -0.05) is 6.07 Å². The minimum atomic E-state index is -0.336. The molecule has 104 valence electrons. The molecule has 2 N–H and O–H groups in total. The van der Waals surface area contributed by atoms with Crippen LogP contribution in [0, 0.1) is 27.7 Å². The smallest absolute Gasteiger partial charge is 0.276 e. The molecule has 0 saturated carbocycles. The second kappa shape index (κ2) is 5.28. The summed E-state index contributed by atoms with van der Waals surface area (Å²) in [6, 6.07) is 4.78. The minimum Gasteiger partial charge on any atom is -0.320 e. The largest absolute Gasteiger partial charge is 0.320 e. The summed E-state index contributed by atoms with van der Waals surface area (Å²) in [4.78, 5) is 23.1. The summed E-state index contributed by atoms with van der Waals surface area (Å²) in [5, 5.41) is 8.85. The minimum absolute atomic E-state index is 0.183. The summed E-state index contributed by atoms with van der Waals surface area (Å²) >= 11 is 0. The molecule has 1 heterocycles. The van der Waals surface area contributed by atoms with Gasteiger partial charge in [-0.3, -0.25) is 9.59 Å². The van der Waals surface area contributed by atoms with Crippen LogP contribution in [0.1, 0.15) is 32.7 Å². The van der Waals surface area contributed by atoms with E-state index in [9.17, 15) is 9.59 Å². The predicted molar refractivity (Wildman–Crippen MR) is 78.2 cm³/mol. The van der Waals surface area contributed by atoms with Crippen molar-refractivity contribution in [2.45, 2.75) is 27.7 Å². The van der Waals surface area contributed by atoms with Gasteiger partial charge in [-0.15, -0.1) is 0 Å². The lowest BCUT2D eigenvalue weighted by Crippen LogP contribution is -2.19. The molecule has 5 heteroatoms. The number of anilines is 1. The fourth-order valence-corrected chi connectivity index (χ4v) is 2.05. The number of aryl methyl sites for hydroxylation is 2. The number of carbonyl (C=O) groups is 1. The van der Waals surface area contributed by atoms with Gasteiger partial charge in [0.25, 0.3) is 11.5 Å². The maximum Gasteiger partial charge on any atom is 0.276 e. The number of rotatable bonds is 2. The Morgan fingerprint density at radius 2 is 1.70 bits per heavy atom. The molecule has 20 heavy (non-hydrogen) atoms. The molecule has 0 aliphatic rings. The van der Waals surface area contributed by atoms with Crippen LogP contribution in [-0.4, -0.2) is 16.1 Å². The summed E-state index contributed by atoms with van der Waals surface area (Å²) in [7, 11) is 0. The van der Waals surface area contributed by atoms with Gasteiger partial charge >= 0.3 is 0 Å². The Hall–Kier alpha value is -2.43. The molecule has 0 spiro atoms. The first-order valence-electron chi connectivity index (χ1n) is 6.34. The zero-order valence-corrected chi connectivity index (χ0v) is 12.0. The lowest BCUT2D eigenvalue weighted by Gasteiger charge is -2.15. The van der Waals surface area contributed by atoms with Gasteiger partial charge in [0.1, 0.15) is 5.69 Å². The number of H-pyrrole nitrogens is 1. The number of hydrogen-bond acceptors (Lipinski definition) is 3. The van der Waals surface area contributed by atoms with Crippen molar-refractivity contribution in [2.75, 3.05) is 5.32 Å². The Labute approximate surface area is 117 Å². The van der Waals surface area contributed by atoms with Gasteiger partial charge in [0, 0.05) is 11.8 Å². The first-order chi connectivity index (χ1) is 9.40. The lowest BCUT2D eigenvalue weighted by molar-refractivity contribution is 0.102. The van der Waals surface area contributed by atoms with E-state index >= 15 is 0 Å². The molecular weight excluding hydrogens is 254 g/mol. The van der Waals surface area contributed by atoms with Crippen LogP contribution in [0.4, 0.5) is 5.69 Å². The number of amides is 1. The van der Waals surface area contributed by atoms with Crippen LogP contribution in [-0.2, 0) is 0 Å². The van der Waals surface area contributed by atoms with E-state index in [-0.39, 0.29) is 17.2 Å². The highest BCUT2D eigenvalue weighted by atomic mass is 16.2. The van der Waals surface area contributed by atoms with Crippen LogP contribution < -0.4 is 10.9 Å². The number of aromatic nitrogens is 2. The van der Waals surface area contributed by atoms with Crippen molar-refractivity contribution < 1.29 is 4.79 Å². The molecule has 1 aromatic carbocycles. The van der Waals surface area contributed by atoms with Crippen molar-refractivity contribution in [3.05, 3.63) is 56.5 Å². The number of carbonyl (C=O) groups excluding carboxylic acids is 1. The molecule has 2 rings (SSSR count). The topological polar surface area (TPSA) is 74.8 Å². The number of aromatic amines is 1. The van der Waals surface area contributed by atoms with Crippen LogP contribution in [0.25, 0.3) is 0 Å². The van der Waals surface area contributed by atoms with Gasteiger partial charge in [-0.05, 0) is 56.0 Å². The second-order valence-corrected chi connectivity index (χ2v) is 4.90. The van der Waals surface area contributed by atoms with Crippen molar-refractivity contribution in [1.82, 2.24) is 10.2 Å². The summed E-state index contributed by atoms with van der Waals surface area (Å²) in [5.74, 6) is -0.336. The number of nitrogens with zero attached hydrogens (tertiary/aromatic N) is 1. The van der Waals surface area contributed by atoms with E-state index in [1.54, 1.807) is 0 Å². The van der Waals surface area contributed by atoms with Gasteiger partial charge in [0.2, 0.25) is 0 Å². The SMILES string of the molecule is Cc1cc(C)c(C)c(NC(=O)c2ccc(=O)[nH]n2)c1C. The third-order valence-corrected chi connectivity index (χ3v) is 3.52. The summed E-state index contributed by atoms with van der Waals surface area (Å²) in [6.45, 7) is 7.96. The third-order valence-electron chi connectivity index (χ3n) is 3.52. The summed E-state index contributed by atoms with van der Waals surface area (Å²) in [5.41, 5.74) is 4.97. The fraction of sp³-hybridized carbons (Fsp3) is 0.267. The number of nitrogens with one attached hydrogen (secondary N) is 2. The Bertz CT molecular complexity index is 686. The van der Waals surface area contributed by atoms with E-state index in [2.05, 4.69) is 21.6 Å². The monoisotopic (exact) mass is 271 g/mol. The average Bonchev–Trinajstić information content (AvgIpc) is 2.42. The highest BCUT2D eigenvalue weighted by molar-refractivity contribution is 6.03. The van der Waals surface area contributed by atoms with E-state index in [1.165, 1.54) is 12.1 Å². The Kier molecular flexibility index (Phi) is 3.70. The summed E-state index contributed by atoms with van der Waals surface area (Å²) < 4.78 is 0. The zero-order valence-electron chi connectivity index (χ0n) is 12.0. The molecule has 0 aliphatic carbocycles. The van der Waals surface area contributed by atoms with Crippen LogP contribution >= 0.6 is 0 Å². The number of benzene rings is 1. The maximum absolute atomic E-state index is 12.2. The molecule has 0 unspecified atom stereocenters. The second-order valence-electron chi connectivity index (χ2n) is 4.90. The third kappa shape index (κ3) is 2.61. The van der Waals surface area contributed by atoms with Gasteiger partial charge in [-0.2, -0.15) is 5.10 Å². The van der Waals surface area contributed by atoms with Crippen molar-refractivity contribution in [3.63, 3.8) is 0 Å². The molecule has 0 radical (unpaired) electrons. The molecule has 0 bridgehead atoms. The molecule has 0 saturated heterocycles. The van der Waals surface area contributed by atoms with Gasteiger partial charge in [0.05, 0.1) is 0 Å². The predicted octanol–water partition coefficient (Wildman–Crippen LogP) is 2.26. The van der Waals surface area contributed by atoms with Gasteiger partial charge in [-0.25, -0.2) is 5.10 Å². The van der Waals surface area contributed by atoms with Gasteiger partial charge < -0.3 is 5.32 Å². The molecule has 1 aromatic heterocycles. The molecule has 5 nitrogen and oxygen atoms in total.